The minimum atomic E-state index is 0.236. The molecule has 2 rings (SSSR count). The molecule has 0 bridgehead atoms. The van der Waals surface area contributed by atoms with Crippen LogP contribution in [0.3, 0.4) is 0 Å². The number of nitrogens with two attached hydrogens (primary N) is 1. The summed E-state index contributed by atoms with van der Waals surface area (Å²) in [4.78, 5) is 12.7. The molecule has 102 valence electrons. The van der Waals surface area contributed by atoms with Crippen LogP contribution in [0, 0.1) is 6.92 Å². The Morgan fingerprint density at radius 1 is 1.37 bits per heavy atom. The molecule has 0 aromatic carbocycles. The van der Waals surface area contributed by atoms with Gasteiger partial charge in [-0.2, -0.15) is 4.98 Å². The molecule has 0 atom stereocenters. The monoisotopic (exact) mass is 262 g/mol. The van der Waals surface area contributed by atoms with Crippen LogP contribution in [0.5, 0.6) is 0 Å². The van der Waals surface area contributed by atoms with Crippen LogP contribution in [-0.2, 0) is 6.42 Å². The van der Waals surface area contributed by atoms with E-state index in [2.05, 4.69) is 25.4 Å². The van der Waals surface area contributed by atoms with Crippen molar-refractivity contribution in [1.29, 1.82) is 0 Å². The van der Waals surface area contributed by atoms with Crippen molar-refractivity contribution in [1.82, 2.24) is 20.1 Å². The minimum Gasteiger partial charge on any atom is -0.383 e. The highest BCUT2D eigenvalue weighted by molar-refractivity contribution is 5.54. The maximum atomic E-state index is 5.89. The van der Waals surface area contributed by atoms with Crippen molar-refractivity contribution >= 4 is 11.6 Å². The molecule has 2 heterocycles. The van der Waals surface area contributed by atoms with Gasteiger partial charge >= 0.3 is 0 Å². The highest BCUT2D eigenvalue weighted by atomic mass is 16.5. The van der Waals surface area contributed by atoms with E-state index in [0.29, 0.717) is 24.7 Å². The highest BCUT2D eigenvalue weighted by Crippen LogP contribution is 2.20. The molecule has 0 saturated carbocycles. The molecule has 0 fully saturated rings. The quantitative estimate of drug-likeness (QED) is 0.842. The largest absolute Gasteiger partial charge is 0.383 e. The van der Waals surface area contributed by atoms with Gasteiger partial charge in [0.15, 0.2) is 6.33 Å². The van der Waals surface area contributed by atoms with Crippen LogP contribution < -0.4 is 11.1 Å². The first-order chi connectivity index (χ1) is 9.08. The van der Waals surface area contributed by atoms with Crippen molar-refractivity contribution in [2.45, 2.75) is 33.1 Å². The fourth-order valence-electron chi connectivity index (χ4n) is 1.58. The second-order valence-corrected chi connectivity index (χ2v) is 4.61. The molecule has 7 heteroatoms. The average molecular weight is 262 g/mol. The van der Waals surface area contributed by atoms with Gasteiger partial charge in [0.1, 0.15) is 17.5 Å². The number of nitrogens with one attached hydrogen (secondary N) is 1. The first kappa shape index (κ1) is 13.3. The third-order valence-corrected chi connectivity index (χ3v) is 2.76. The van der Waals surface area contributed by atoms with Gasteiger partial charge in [-0.25, -0.2) is 9.97 Å². The van der Waals surface area contributed by atoms with Crippen LogP contribution >= 0.6 is 0 Å². The maximum Gasteiger partial charge on any atom is 0.228 e. The lowest BCUT2D eigenvalue weighted by Gasteiger charge is -2.12. The molecule has 0 amide bonds. The minimum absolute atomic E-state index is 0.236. The van der Waals surface area contributed by atoms with Gasteiger partial charge < -0.3 is 15.6 Å². The number of nitrogen functional groups attached to an aromatic ring is 1. The summed E-state index contributed by atoms with van der Waals surface area (Å²) in [5, 5.41) is 6.79. The predicted octanol–water partition coefficient (Wildman–Crippen LogP) is 1.53. The zero-order valence-corrected chi connectivity index (χ0v) is 11.3. The topological polar surface area (TPSA) is 103 Å². The Labute approximate surface area is 111 Å². The van der Waals surface area contributed by atoms with Crippen molar-refractivity contribution in [2.24, 2.45) is 0 Å². The summed E-state index contributed by atoms with van der Waals surface area (Å²) in [6.45, 7) is 6.62. The standard InChI is InChI=1S/C12H18N6O/c1-7(2)11-17-10(13)8(3)12(18-11)14-5-4-9-15-6-16-19-9/h6-7H,4-5H2,1-3H3,(H3,13,14,17,18). The predicted molar refractivity (Wildman–Crippen MR) is 71.8 cm³/mol. The van der Waals surface area contributed by atoms with Crippen LogP contribution in [0.25, 0.3) is 0 Å². The summed E-state index contributed by atoms with van der Waals surface area (Å²) in [7, 11) is 0. The van der Waals surface area contributed by atoms with Gasteiger partial charge in [0.05, 0.1) is 0 Å². The molecule has 0 radical (unpaired) electrons. The molecule has 2 aromatic rings. The lowest BCUT2D eigenvalue weighted by Crippen LogP contribution is -2.12. The van der Waals surface area contributed by atoms with E-state index in [4.69, 9.17) is 10.3 Å². The Morgan fingerprint density at radius 2 is 2.16 bits per heavy atom. The Balaban J connectivity index is 2.06. The van der Waals surface area contributed by atoms with E-state index in [-0.39, 0.29) is 5.92 Å². The number of hydrogen-bond acceptors (Lipinski definition) is 7. The van der Waals surface area contributed by atoms with E-state index >= 15 is 0 Å². The van der Waals surface area contributed by atoms with Gasteiger partial charge in [0.2, 0.25) is 5.89 Å². The Bertz CT molecular complexity index is 537. The lowest BCUT2D eigenvalue weighted by atomic mass is 10.2. The molecule has 3 N–H and O–H groups in total. The van der Waals surface area contributed by atoms with Gasteiger partial charge in [-0.3, -0.25) is 0 Å². The summed E-state index contributed by atoms with van der Waals surface area (Å²) in [5.74, 6) is 2.84. The molecule has 0 aliphatic carbocycles. The number of hydrogen-bond donors (Lipinski definition) is 2. The van der Waals surface area contributed by atoms with Crippen molar-refractivity contribution in [2.75, 3.05) is 17.6 Å². The van der Waals surface area contributed by atoms with Gasteiger partial charge in [-0.05, 0) is 6.92 Å². The van der Waals surface area contributed by atoms with Crippen LogP contribution in [0.15, 0.2) is 10.9 Å². The SMILES string of the molecule is Cc1c(N)nc(C(C)C)nc1NCCc1ncno1. The number of aromatic nitrogens is 4. The first-order valence-corrected chi connectivity index (χ1v) is 6.21. The molecule has 0 unspecified atom stereocenters. The number of anilines is 2. The van der Waals surface area contributed by atoms with Crippen molar-refractivity contribution in [3.8, 4) is 0 Å². The second kappa shape index (κ2) is 5.64. The third-order valence-electron chi connectivity index (χ3n) is 2.76. The molecular weight excluding hydrogens is 244 g/mol. The van der Waals surface area contributed by atoms with E-state index < -0.39 is 0 Å². The van der Waals surface area contributed by atoms with Crippen molar-refractivity contribution < 1.29 is 4.52 Å². The highest BCUT2D eigenvalue weighted by Gasteiger charge is 2.11. The Kier molecular flexibility index (Phi) is 3.94. The van der Waals surface area contributed by atoms with Gasteiger partial charge in [0, 0.05) is 24.4 Å². The summed E-state index contributed by atoms with van der Waals surface area (Å²) < 4.78 is 4.93. The molecule has 19 heavy (non-hydrogen) atoms. The van der Waals surface area contributed by atoms with E-state index in [1.165, 1.54) is 6.33 Å². The normalized spacial score (nSPS) is 10.9. The van der Waals surface area contributed by atoms with E-state index in [9.17, 15) is 0 Å². The van der Waals surface area contributed by atoms with Gasteiger partial charge in [-0.1, -0.05) is 19.0 Å². The zero-order chi connectivity index (χ0) is 13.8. The lowest BCUT2D eigenvalue weighted by molar-refractivity contribution is 0.379. The fourth-order valence-corrected chi connectivity index (χ4v) is 1.58. The third kappa shape index (κ3) is 3.18. The fraction of sp³-hybridized carbons (Fsp3) is 0.500. The molecular formula is C12H18N6O. The molecule has 7 nitrogen and oxygen atoms in total. The number of nitrogens with zero attached hydrogens (tertiary/aromatic N) is 4. The van der Waals surface area contributed by atoms with E-state index in [1.807, 2.05) is 20.8 Å². The maximum absolute atomic E-state index is 5.89. The Hall–Kier alpha value is -2.18. The molecule has 0 spiro atoms. The summed E-state index contributed by atoms with van der Waals surface area (Å²) in [5.41, 5.74) is 6.75. The molecule has 0 aliphatic heterocycles. The van der Waals surface area contributed by atoms with Crippen LogP contribution in [0.2, 0.25) is 0 Å². The van der Waals surface area contributed by atoms with Crippen LogP contribution in [0.1, 0.15) is 37.0 Å². The van der Waals surface area contributed by atoms with Crippen molar-refractivity contribution in [3.05, 3.63) is 23.6 Å². The number of rotatable bonds is 5. The van der Waals surface area contributed by atoms with Crippen molar-refractivity contribution in [3.63, 3.8) is 0 Å². The smallest absolute Gasteiger partial charge is 0.228 e. The van der Waals surface area contributed by atoms with Gasteiger partial charge in [-0.15, -0.1) is 0 Å². The molecule has 2 aromatic heterocycles. The van der Waals surface area contributed by atoms with Gasteiger partial charge in [0.25, 0.3) is 0 Å². The molecule has 0 aliphatic rings. The average Bonchev–Trinajstić information content (AvgIpc) is 2.87. The van der Waals surface area contributed by atoms with Crippen LogP contribution in [-0.4, -0.2) is 26.7 Å². The Morgan fingerprint density at radius 3 is 2.79 bits per heavy atom. The summed E-state index contributed by atoms with van der Waals surface area (Å²) in [6.07, 6.45) is 2.03. The zero-order valence-electron chi connectivity index (χ0n) is 11.3. The van der Waals surface area contributed by atoms with Crippen LogP contribution in [0.4, 0.5) is 11.6 Å². The van der Waals surface area contributed by atoms with E-state index in [1.54, 1.807) is 0 Å². The molecule has 0 saturated heterocycles. The first-order valence-electron chi connectivity index (χ1n) is 6.21. The summed E-state index contributed by atoms with van der Waals surface area (Å²) in [6, 6.07) is 0. The summed E-state index contributed by atoms with van der Waals surface area (Å²) >= 11 is 0. The second-order valence-electron chi connectivity index (χ2n) is 4.61. The van der Waals surface area contributed by atoms with E-state index in [0.717, 1.165) is 17.2 Å².